The molecule has 0 aliphatic carbocycles. The Bertz CT molecular complexity index is 396. The molecule has 0 aromatic heterocycles. The lowest BCUT2D eigenvalue weighted by Crippen LogP contribution is -2.18. The third-order valence-corrected chi connectivity index (χ3v) is 2.51. The molecule has 1 aromatic rings. The smallest absolute Gasteiger partial charge is 0.250 e. The number of carbonyl (C=O) groups excluding carboxylic acids is 1. The van der Waals surface area contributed by atoms with Crippen LogP contribution in [0.4, 0.5) is 5.69 Å². The van der Waals surface area contributed by atoms with Crippen LogP contribution in [0, 0.1) is 0 Å². The summed E-state index contributed by atoms with van der Waals surface area (Å²) in [5.41, 5.74) is 1.55. The van der Waals surface area contributed by atoms with Crippen molar-refractivity contribution in [1.29, 1.82) is 0 Å². The van der Waals surface area contributed by atoms with Gasteiger partial charge in [-0.15, -0.1) is 11.6 Å². The molecule has 0 aliphatic heterocycles. The van der Waals surface area contributed by atoms with Crippen molar-refractivity contribution >= 4 is 23.2 Å². The highest BCUT2D eigenvalue weighted by molar-refractivity contribution is 6.17. The van der Waals surface area contributed by atoms with E-state index >= 15 is 0 Å². The van der Waals surface area contributed by atoms with Gasteiger partial charge in [0.25, 0.3) is 0 Å². The van der Waals surface area contributed by atoms with E-state index < -0.39 is 0 Å². The van der Waals surface area contributed by atoms with Crippen molar-refractivity contribution in [2.45, 2.75) is 19.7 Å². The minimum absolute atomic E-state index is 0.0555. The number of ether oxygens (including phenoxy) is 2. The van der Waals surface area contributed by atoms with Crippen molar-refractivity contribution < 1.29 is 14.3 Å². The van der Waals surface area contributed by atoms with Gasteiger partial charge in [-0.1, -0.05) is 0 Å². The van der Waals surface area contributed by atoms with Gasteiger partial charge in [-0.05, 0) is 32.0 Å². The minimum atomic E-state index is -0.179. The van der Waals surface area contributed by atoms with Crippen molar-refractivity contribution in [3.05, 3.63) is 23.8 Å². The van der Waals surface area contributed by atoms with E-state index in [0.717, 1.165) is 11.3 Å². The first-order valence-corrected chi connectivity index (χ1v) is 6.44. The number of hydrogen-bond acceptors (Lipinski definition) is 3. The standard InChI is InChI=1S/C13H18ClNO3/c1-3-17-9-13(16)15-11-5-6-12(18-4-2)10(7-11)8-14/h5-7H,3-4,8-9H2,1-2H3,(H,15,16). The van der Waals surface area contributed by atoms with Gasteiger partial charge in [0.2, 0.25) is 5.91 Å². The fraction of sp³-hybridized carbons (Fsp3) is 0.462. The average Bonchev–Trinajstić information content (AvgIpc) is 2.38. The van der Waals surface area contributed by atoms with Crippen LogP contribution in [0.1, 0.15) is 19.4 Å². The molecule has 100 valence electrons. The number of anilines is 1. The lowest BCUT2D eigenvalue weighted by molar-refractivity contribution is -0.120. The van der Waals surface area contributed by atoms with Crippen LogP contribution < -0.4 is 10.1 Å². The molecule has 0 unspecified atom stereocenters. The van der Waals surface area contributed by atoms with E-state index in [1.54, 1.807) is 12.1 Å². The van der Waals surface area contributed by atoms with Gasteiger partial charge in [-0.3, -0.25) is 4.79 Å². The summed E-state index contributed by atoms with van der Waals surface area (Å²) >= 11 is 5.84. The third-order valence-electron chi connectivity index (χ3n) is 2.23. The van der Waals surface area contributed by atoms with Crippen LogP contribution in [0.3, 0.4) is 0 Å². The lowest BCUT2D eigenvalue weighted by Gasteiger charge is -2.11. The monoisotopic (exact) mass is 271 g/mol. The van der Waals surface area contributed by atoms with Gasteiger partial charge < -0.3 is 14.8 Å². The average molecular weight is 272 g/mol. The molecule has 0 aliphatic rings. The number of alkyl halides is 1. The Morgan fingerprint density at radius 1 is 1.33 bits per heavy atom. The van der Waals surface area contributed by atoms with Crippen molar-refractivity contribution in [3.8, 4) is 5.75 Å². The van der Waals surface area contributed by atoms with Crippen LogP contribution >= 0.6 is 11.6 Å². The van der Waals surface area contributed by atoms with E-state index in [2.05, 4.69) is 5.32 Å². The Hall–Kier alpha value is -1.26. The molecule has 1 aromatic carbocycles. The van der Waals surface area contributed by atoms with E-state index in [0.29, 0.717) is 24.8 Å². The van der Waals surface area contributed by atoms with E-state index in [1.165, 1.54) is 0 Å². The Labute approximate surface area is 112 Å². The number of benzene rings is 1. The van der Waals surface area contributed by atoms with Crippen molar-refractivity contribution in [1.82, 2.24) is 0 Å². The second kappa shape index (κ2) is 7.95. The fourth-order valence-electron chi connectivity index (χ4n) is 1.45. The van der Waals surface area contributed by atoms with Gasteiger partial charge in [-0.25, -0.2) is 0 Å². The fourth-order valence-corrected chi connectivity index (χ4v) is 1.66. The summed E-state index contributed by atoms with van der Waals surface area (Å²) < 4.78 is 10.5. The quantitative estimate of drug-likeness (QED) is 0.776. The summed E-state index contributed by atoms with van der Waals surface area (Å²) in [5.74, 6) is 0.904. The molecule has 0 radical (unpaired) electrons. The minimum Gasteiger partial charge on any atom is -0.494 e. The number of carbonyl (C=O) groups is 1. The molecular weight excluding hydrogens is 254 g/mol. The zero-order chi connectivity index (χ0) is 13.4. The number of halogens is 1. The summed E-state index contributed by atoms with van der Waals surface area (Å²) in [4.78, 5) is 11.5. The zero-order valence-corrected chi connectivity index (χ0v) is 11.4. The van der Waals surface area contributed by atoms with E-state index in [4.69, 9.17) is 21.1 Å². The molecule has 0 saturated heterocycles. The Kier molecular flexibility index (Phi) is 6.54. The SMILES string of the molecule is CCOCC(=O)Nc1ccc(OCC)c(CCl)c1. The van der Waals surface area contributed by atoms with Crippen LogP contribution in [0.25, 0.3) is 0 Å². The van der Waals surface area contributed by atoms with Crippen LogP contribution in [-0.2, 0) is 15.4 Å². The van der Waals surface area contributed by atoms with Crippen LogP contribution in [0.15, 0.2) is 18.2 Å². The van der Waals surface area contributed by atoms with Gasteiger partial charge in [-0.2, -0.15) is 0 Å². The summed E-state index contributed by atoms with van der Waals surface area (Å²) in [7, 11) is 0. The predicted molar refractivity (Wildman–Crippen MR) is 72.3 cm³/mol. The van der Waals surface area contributed by atoms with Crippen LogP contribution in [0.5, 0.6) is 5.75 Å². The number of rotatable bonds is 7. The van der Waals surface area contributed by atoms with Crippen LogP contribution in [-0.4, -0.2) is 25.7 Å². The Balaban J connectivity index is 2.69. The zero-order valence-electron chi connectivity index (χ0n) is 10.7. The maximum atomic E-state index is 11.5. The van der Waals surface area contributed by atoms with Gasteiger partial charge in [0.05, 0.1) is 12.5 Å². The first-order chi connectivity index (χ1) is 8.71. The van der Waals surface area contributed by atoms with E-state index in [9.17, 15) is 4.79 Å². The summed E-state index contributed by atoms with van der Waals surface area (Å²) in [5, 5.41) is 2.74. The third kappa shape index (κ3) is 4.55. The molecule has 4 nitrogen and oxygen atoms in total. The topological polar surface area (TPSA) is 47.6 Å². The molecule has 18 heavy (non-hydrogen) atoms. The second-order valence-corrected chi connectivity index (χ2v) is 3.84. The number of amides is 1. The summed E-state index contributed by atoms with van der Waals surface area (Å²) in [6.07, 6.45) is 0. The molecule has 0 atom stereocenters. The maximum absolute atomic E-state index is 11.5. The van der Waals surface area contributed by atoms with Crippen molar-refractivity contribution in [3.63, 3.8) is 0 Å². The largest absolute Gasteiger partial charge is 0.494 e. The molecule has 0 spiro atoms. The van der Waals surface area contributed by atoms with E-state index in [1.807, 2.05) is 19.9 Å². The van der Waals surface area contributed by atoms with Crippen molar-refractivity contribution in [2.75, 3.05) is 25.1 Å². The predicted octanol–water partition coefficient (Wildman–Crippen LogP) is 2.80. The highest BCUT2D eigenvalue weighted by Crippen LogP contribution is 2.24. The van der Waals surface area contributed by atoms with Gasteiger partial charge >= 0.3 is 0 Å². The molecule has 1 N–H and O–H groups in total. The van der Waals surface area contributed by atoms with Crippen molar-refractivity contribution in [2.24, 2.45) is 0 Å². The molecule has 0 bridgehead atoms. The van der Waals surface area contributed by atoms with Gasteiger partial charge in [0, 0.05) is 17.9 Å². The highest BCUT2D eigenvalue weighted by atomic mass is 35.5. The van der Waals surface area contributed by atoms with Gasteiger partial charge in [0.1, 0.15) is 12.4 Å². The van der Waals surface area contributed by atoms with Gasteiger partial charge in [0.15, 0.2) is 0 Å². The summed E-state index contributed by atoms with van der Waals surface area (Å²) in [6.45, 7) is 4.91. The molecule has 0 fully saturated rings. The highest BCUT2D eigenvalue weighted by Gasteiger charge is 2.06. The summed E-state index contributed by atoms with van der Waals surface area (Å²) in [6, 6.07) is 5.39. The lowest BCUT2D eigenvalue weighted by atomic mass is 10.2. The second-order valence-electron chi connectivity index (χ2n) is 3.57. The Morgan fingerprint density at radius 3 is 2.72 bits per heavy atom. The molecular formula is C13H18ClNO3. The molecule has 0 heterocycles. The first-order valence-electron chi connectivity index (χ1n) is 5.90. The Morgan fingerprint density at radius 2 is 2.11 bits per heavy atom. The number of hydrogen-bond donors (Lipinski definition) is 1. The van der Waals surface area contributed by atoms with Crippen LogP contribution in [0.2, 0.25) is 0 Å². The maximum Gasteiger partial charge on any atom is 0.250 e. The first kappa shape index (κ1) is 14.8. The van der Waals surface area contributed by atoms with E-state index in [-0.39, 0.29) is 12.5 Å². The normalized spacial score (nSPS) is 10.2. The molecule has 1 amide bonds. The number of nitrogens with one attached hydrogen (secondary N) is 1. The molecule has 1 rings (SSSR count). The molecule has 0 saturated carbocycles. The molecule has 5 heteroatoms.